The van der Waals surface area contributed by atoms with Gasteiger partial charge in [-0.25, -0.2) is 4.98 Å². The third-order valence-corrected chi connectivity index (χ3v) is 3.35. The van der Waals surface area contributed by atoms with Crippen molar-refractivity contribution >= 4 is 39.6 Å². The van der Waals surface area contributed by atoms with Gasteiger partial charge in [0.1, 0.15) is 11.6 Å². The number of hydrazone groups is 1. The first kappa shape index (κ1) is 16.6. The summed E-state index contributed by atoms with van der Waals surface area (Å²) in [6, 6.07) is 5.03. The summed E-state index contributed by atoms with van der Waals surface area (Å²) >= 11 is 8.96. The lowest BCUT2D eigenvalue weighted by molar-refractivity contribution is -0.137. The molecule has 0 saturated heterocycles. The summed E-state index contributed by atoms with van der Waals surface area (Å²) in [5.74, 6) is 0.0696. The zero-order chi connectivity index (χ0) is 16.3. The Morgan fingerprint density at radius 1 is 1.32 bits per heavy atom. The van der Waals surface area contributed by atoms with Crippen molar-refractivity contribution < 1.29 is 18.3 Å². The average Bonchev–Trinajstić information content (AvgIpc) is 2.43. The molecule has 1 heterocycles. The Morgan fingerprint density at radius 3 is 2.64 bits per heavy atom. The van der Waals surface area contributed by atoms with Crippen LogP contribution in [0.4, 0.5) is 19.0 Å². The van der Waals surface area contributed by atoms with Gasteiger partial charge in [-0.15, -0.1) is 0 Å². The van der Waals surface area contributed by atoms with Crippen molar-refractivity contribution in [3.8, 4) is 5.75 Å². The van der Waals surface area contributed by atoms with E-state index in [-0.39, 0.29) is 11.6 Å². The summed E-state index contributed by atoms with van der Waals surface area (Å²) < 4.78 is 37.5. The number of phenols is 1. The van der Waals surface area contributed by atoms with Gasteiger partial charge in [0.15, 0.2) is 0 Å². The number of aromatic nitrogens is 1. The number of aromatic hydroxyl groups is 1. The quantitative estimate of drug-likeness (QED) is 0.588. The minimum absolute atomic E-state index is 0.0599. The van der Waals surface area contributed by atoms with E-state index in [1.165, 1.54) is 18.3 Å². The summed E-state index contributed by atoms with van der Waals surface area (Å²) in [6.07, 6.45) is -2.47. The number of rotatable bonds is 3. The van der Waals surface area contributed by atoms with Crippen LogP contribution in [0.25, 0.3) is 0 Å². The second kappa shape index (κ2) is 6.53. The molecular formula is C13H8BrClF3N3O. The smallest absolute Gasteiger partial charge is 0.417 e. The highest BCUT2D eigenvalue weighted by Gasteiger charge is 2.30. The van der Waals surface area contributed by atoms with E-state index in [0.717, 1.165) is 12.1 Å². The van der Waals surface area contributed by atoms with E-state index in [1.54, 1.807) is 0 Å². The molecule has 0 bridgehead atoms. The Hall–Kier alpha value is -1.80. The van der Waals surface area contributed by atoms with Crippen molar-refractivity contribution in [1.82, 2.24) is 4.98 Å². The lowest BCUT2D eigenvalue weighted by Crippen LogP contribution is -2.05. The Kier molecular flexibility index (Phi) is 4.92. The molecular weight excluding hydrogens is 387 g/mol. The van der Waals surface area contributed by atoms with E-state index in [2.05, 4.69) is 31.4 Å². The van der Waals surface area contributed by atoms with Gasteiger partial charge in [0, 0.05) is 16.8 Å². The molecule has 0 saturated carbocycles. The fourth-order valence-electron chi connectivity index (χ4n) is 1.48. The Morgan fingerprint density at radius 2 is 2.05 bits per heavy atom. The van der Waals surface area contributed by atoms with Crippen LogP contribution in [0.15, 0.2) is 40.0 Å². The average molecular weight is 395 g/mol. The summed E-state index contributed by atoms with van der Waals surface area (Å²) in [5, 5.41) is 14.0. The fraction of sp³-hybridized carbons (Fsp3) is 0.0769. The molecule has 9 heteroatoms. The SMILES string of the molecule is Oc1c(Br)cc(Cl)cc1/C=N\Nc1ccc(C(F)(F)F)cn1. The van der Waals surface area contributed by atoms with Gasteiger partial charge in [-0.1, -0.05) is 11.6 Å². The first-order valence-electron chi connectivity index (χ1n) is 5.77. The van der Waals surface area contributed by atoms with Crippen LogP contribution in [0.5, 0.6) is 5.75 Å². The van der Waals surface area contributed by atoms with Gasteiger partial charge < -0.3 is 5.11 Å². The van der Waals surface area contributed by atoms with E-state index in [1.807, 2.05) is 0 Å². The van der Waals surface area contributed by atoms with Crippen LogP contribution in [0.1, 0.15) is 11.1 Å². The zero-order valence-electron chi connectivity index (χ0n) is 10.7. The first-order chi connectivity index (χ1) is 10.3. The number of nitrogens with zero attached hydrogens (tertiary/aromatic N) is 2. The molecule has 116 valence electrons. The van der Waals surface area contributed by atoms with Crippen LogP contribution >= 0.6 is 27.5 Å². The molecule has 22 heavy (non-hydrogen) atoms. The highest BCUT2D eigenvalue weighted by molar-refractivity contribution is 9.10. The topological polar surface area (TPSA) is 57.5 Å². The summed E-state index contributed by atoms with van der Waals surface area (Å²) in [7, 11) is 0. The minimum Gasteiger partial charge on any atom is -0.506 e. The summed E-state index contributed by atoms with van der Waals surface area (Å²) in [6.45, 7) is 0. The van der Waals surface area contributed by atoms with E-state index >= 15 is 0 Å². The number of pyridine rings is 1. The molecule has 4 nitrogen and oxygen atoms in total. The molecule has 0 aliphatic rings. The predicted octanol–water partition coefficient (Wildman–Crippen LogP) is 4.67. The van der Waals surface area contributed by atoms with Crippen LogP contribution in [-0.2, 0) is 6.18 Å². The fourth-order valence-corrected chi connectivity index (χ4v) is 2.31. The van der Waals surface area contributed by atoms with Crippen LogP contribution in [-0.4, -0.2) is 16.3 Å². The molecule has 1 aromatic heterocycles. The maximum Gasteiger partial charge on any atom is 0.417 e. The van der Waals surface area contributed by atoms with Crippen molar-refractivity contribution in [2.75, 3.05) is 5.43 Å². The van der Waals surface area contributed by atoms with Gasteiger partial charge in [0.25, 0.3) is 0 Å². The molecule has 0 aliphatic heterocycles. The lowest BCUT2D eigenvalue weighted by atomic mass is 10.2. The lowest BCUT2D eigenvalue weighted by Gasteiger charge is -2.06. The number of hydrogen-bond acceptors (Lipinski definition) is 4. The van der Waals surface area contributed by atoms with Crippen LogP contribution < -0.4 is 5.43 Å². The van der Waals surface area contributed by atoms with E-state index in [0.29, 0.717) is 21.3 Å². The number of alkyl halides is 3. The van der Waals surface area contributed by atoms with Gasteiger partial charge >= 0.3 is 6.18 Å². The Balaban J connectivity index is 2.10. The third kappa shape index (κ3) is 4.11. The van der Waals surface area contributed by atoms with Crippen LogP contribution in [0.3, 0.4) is 0 Å². The highest BCUT2D eigenvalue weighted by atomic mass is 79.9. The second-order valence-electron chi connectivity index (χ2n) is 4.13. The number of anilines is 1. The second-order valence-corrected chi connectivity index (χ2v) is 5.42. The van der Waals surface area contributed by atoms with E-state index < -0.39 is 11.7 Å². The monoisotopic (exact) mass is 393 g/mol. The maximum absolute atomic E-state index is 12.4. The first-order valence-corrected chi connectivity index (χ1v) is 6.95. The van der Waals surface area contributed by atoms with Crippen molar-refractivity contribution in [3.05, 3.63) is 51.1 Å². The van der Waals surface area contributed by atoms with E-state index in [9.17, 15) is 18.3 Å². The molecule has 2 N–H and O–H groups in total. The normalized spacial score (nSPS) is 11.9. The standard InChI is InChI=1S/C13H8BrClF3N3O/c14-10-4-9(15)3-7(12(10)22)5-20-21-11-2-1-8(6-19-11)13(16,17)18/h1-6,22H,(H,19,21)/b20-5-. The molecule has 0 unspecified atom stereocenters. The molecule has 2 aromatic rings. The highest BCUT2D eigenvalue weighted by Crippen LogP contribution is 2.30. The molecule has 0 atom stereocenters. The number of phenolic OH excluding ortho intramolecular Hbond substituents is 1. The van der Waals surface area contributed by atoms with Gasteiger partial charge in [0.05, 0.1) is 16.3 Å². The van der Waals surface area contributed by atoms with Crippen LogP contribution in [0, 0.1) is 0 Å². The number of benzene rings is 1. The van der Waals surface area contributed by atoms with Crippen molar-refractivity contribution in [3.63, 3.8) is 0 Å². The molecule has 0 amide bonds. The summed E-state index contributed by atoms with van der Waals surface area (Å²) in [4.78, 5) is 3.59. The molecule has 0 aliphatic carbocycles. The number of nitrogens with one attached hydrogen (secondary N) is 1. The van der Waals surface area contributed by atoms with Crippen LogP contribution in [0.2, 0.25) is 5.02 Å². The van der Waals surface area contributed by atoms with Crippen molar-refractivity contribution in [2.45, 2.75) is 6.18 Å². The van der Waals surface area contributed by atoms with Gasteiger partial charge in [0.2, 0.25) is 0 Å². The minimum atomic E-state index is -4.44. The zero-order valence-corrected chi connectivity index (χ0v) is 13.0. The molecule has 0 fully saturated rings. The maximum atomic E-state index is 12.4. The number of halogens is 5. The molecule has 0 radical (unpaired) electrons. The molecule has 1 aromatic carbocycles. The Labute approximate surface area is 136 Å². The third-order valence-electron chi connectivity index (χ3n) is 2.53. The largest absolute Gasteiger partial charge is 0.506 e. The van der Waals surface area contributed by atoms with Gasteiger partial charge in [-0.3, -0.25) is 5.43 Å². The Bertz CT molecular complexity index is 705. The predicted molar refractivity (Wildman–Crippen MR) is 81.3 cm³/mol. The van der Waals surface area contributed by atoms with Gasteiger partial charge in [-0.05, 0) is 40.2 Å². The molecule has 0 spiro atoms. The van der Waals surface area contributed by atoms with E-state index in [4.69, 9.17) is 11.6 Å². The summed E-state index contributed by atoms with van der Waals surface area (Å²) in [5.41, 5.74) is 1.94. The van der Waals surface area contributed by atoms with Crippen molar-refractivity contribution in [1.29, 1.82) is 0 Å². The number of hydrogen-bond donors (Lipinski definition) is 2. The van der Waals surface area contributed by atoms with Crippen molar-refractivity contribution in [2.24, 2.45) is 5.10 Å². The van der Waals surface area contributed by atoms with Gasteiger partial charge in [-0.2, -0.15) is 18.3 Å². The molecule has 2 rings (SSSR count).